The van der Waals surface area contributed by atoms with Crippen LogP contribution < -0.4 is 20.1 Å². The standard InChI is InChI=1S/C25H22ClF3N2O4S/c1-14(23(32)31-20-12-16(25(27,28)29)8-9-19(20)26)36-18-6-4-5-17(13-18)30-24(33)15-7-10-21(34-2)22(11-15)35-3/h4-14H,1-3H3,(H,30,33)(H,31,32). The molecular weight excluding hydrogens is 517 g/mol. The summed E-state index contributed by atoms with van der Waals surface area (Å²) in [6, 6.07) is 14.3. The van der Waals surface area contributed by atoms with Gasteiger partial charge in [0, 0.05) is 16.1 Å². The van der Waals surface area contributed by atoms with Crippen LogP contribution in [0.15, 0.2) is 65.6 Å². The van der Waals surface area contributed by atoms with Crippen molar-refractivity contribution in [3.8, 4) is 11.5 Å². The molecule has 0 aliphatic rings. The van der Waals surface area contributed by atoms with Crippen LogP contribution in [-0.4, -0.2) is 31.3 Å². The molecule has 11 heteroatoms. The van der Waals surface area contributed by atoms with Gasteiger partial charge in [-0.2, -0.15) is 13.2 Å². The zero-order valence-corrected chi connectivity index (χ0v) is 21.0. The Bertz CT molecular complexity index is 1270. The quantitative estimate of drug-likeness (QED) is 0.310. The number of benzene rings is 3. The van der Waals surface area contributed by atoms with Crippen molar-refractivity contribution in [1.29, 1.82) is 0 Å². The third-order valence-electron chi connectivity index (χ3n) is 4.97. The first-order valence-electron chi connectivity index (χ1n) is 10.5. The van der Waals surface area contributed by atoms with E-state index in [2.05, 4.69) is 10.6 Å². The van der Waals surface area contributed by atoms with Crippen molar-refractivity contribution >= 4 is 46.6 Å². The second-order valence-electron chi connectivity index (χ2n) is 7.49. The van der Waals surface area contributed by atoms with Crippen molar-refractivity contribution in [2.45, 2.75) is 23.2 Å². The summed E-state index contributed by atoms with van der Waals surface area (Å²) < 4.78 is 49.4. The number of hydrogen-bond acceptors (Lipinski definition) is 5. The minimum atomic E-state index is -4.56. The smallest absolute Gasteiger partial charge is 0.416 e. The third kappa shape index (κ3) is 6.86. The average molecular weight is 539 g/mol. The van der Waals surface area contributed by atoms with E-state index in [9.17, 15) is 22.8 Å². The Morgan fingerprint density at radius 2 is 1.67 bits per heavy atom. The molecule has 3 aromatic rings. The minimum absolute atomic E-state index is 0.00609. The first-order chi connectivity index (χ1) is 17.0. The Labute approximate surface area is 215 Å². The van der Waals surface area contributed by atoms with Gasteiger partial charge in [0.1, 0.15) is 0 Å². The number of thioether (sulfide) groups is 1. The van der Waals surface area contributed by atoms with E-state index in [0.717, 1.165) is 18.2 Å². The molecular formula is C25H22ClF3N2O4S. The lowest BCUT2D eigenvalue weighted by Gasteiger charge is -2.15. The van der Waals surface area contributed by atoms with Gasteiger partial charge in [-0.15, -0.1) is 11.8 Å². The monoisotopic (exact) mass is 538 g/mol. The van der Waals surface area contributed by atoms with E-state index in [1.165, 1.54) is 26.0 Å². The van der Waals surface area contributed by atoms with Crippen LogP contribution in [0.5, 0.6) is 11.5 Å². The number of halogens is 4. The lowest BCUT2D eigenvalue weighted by atomic mass is 10.2. The Kier molecular flexibility index (Phi) is 8.75. The van der Waals surface area contributed by atoms with Crippen LogP contribution in [0.25, 0.3) is 0 Å². The molecule has 3 aromatic carbocycles. The van der Waals surface area contributed by atoms with Crippen molar-refractivity contribution in [3.05, 3.63) is 76.8 Å². The molecule has 1 atom stereocenters. The highest BCUT2D eigenvalue weighted by molar-refractivity contribution is 8.00. The number of ether oxygens (including phenoxy) is 2. The number of carbonyl (C=O) groups excluding carboxylic acids is 2. The Morgan fingerprint density at radius 1 is 0.944 bits per heavy atom. The van der Waals surface area contributed by atoms with E-state index in [4.69, 9.17) is 21.1 Å². The predicted molar refractivity (Wildman–Crippen MR) is 134 cm³/mol. The molecule has 0 aliphatic carbocycles. The van der Waals surface area contributed by atoms with Gasteiger partial charge in [-0.25, -0.2) is 0 Å². The van der Waals surface area contributed by atoms with Crippen molar-refractivity contribution in [2.75, 3.05) is 24.9 Å². The van der Waals surface area contributed by atoms with E-state index in [1.54, 1.807) is 49.4 Å². The maximum Gasteiger partial charge on any atom is 0.416 e. The summed E-state index contributed by atoms with van der Waals surface area (Å²) in [6.07, 6.45) is -4.56. The molecule has 36 heavy (non-hydrogen) atoms. The maximum absolute atomic E-state index is 13.0. The van der Waals surface area contributed by atoms with Gasteiger partial charge in [0.25, 0.3) is 5.91 Å². The zero-order chi connectivity index (χ0) is 26.5. The number of anilines is 2. The van der Waals surface area contributed by atoms with Gasteiger partial charge in [0.2, 0.25) is 5.91 Å². The summed E-state index contributed by atoms with van der Waals surface area (Å²) in [7, 11) is 2.97. The fourth-order valence-corrected chi connectivity index (χ4v) is 4.21. The largest absolute Gasteiger partial charge is 0.493 e. The molecule has 0 bridgehead atoms. The molecule has 0 saturated heterocycles. The van der Waals surface area contributed by atoms with Crippen molar-refractivity contribution < 1.29 is 32.2 Å². The number of amides is 2. The fourth-order valence-electron chi connectivity index (χ4n) is 3.12. The van der Waals surface area contributed by atoms with Crippen LogP contribution in [0.4, 0.5) is 24.5 Å². The van der Waals surface area contributed by atoms with Gasteiger partial charge in [0.05, 0.1) is 35.7 Å². The highest BCUT2D eigenvalue weighted by Gasteiger charge is 2.31. The summed E-state index contributed by atoms with van der Waals surface area (Å²) in [5.74, 6) is 0.00497. The molecule has 0 aromatic heterocycles. The lowest BCUT2D eigenvalue weighted by Crippen LogP contribution is -2.23. The maximum atomic E-state index is 13.0. The normalized spacial score (nSPS) is 12.0. The first kappa shape index (κ1) is 27.2. The van der Waals surface area contributed by atoms with Gasteiger partial charge in [-0.05, 0) is 61.5 Å². The number of rotatable bonds is 8. The van der Waals surface area contributed by atoms with E-state index in [0.29, 0.717) is 27.6 Å². The lowest BCUT2D eigenvalue weighted by molar-refractivity contribution is -0.137. The highest BCUT2D eigenvalue weighted by Crippen LogP contribution is 2.35. The summed E-state index contributed by atoms with van der Waals surface area (Å²) in [5.41, 5.74) is -0.190. The van der Waals surface area contributed by atoms with E-state index < -0.39 is 22.9 Å². The summed E-state index contributed by atoms with van der Waals surface area (Å²) in [6.45, 7) is 1.61. The van der Waals surface area contributed by atoms with E-state index in [-0.39, 0.29) is 16.6 Å². The molecule has 6 nitrogen and oxygen atoms in total. The van der Waals surface area contributed by atoms with Crippen molar-refractivity contribution in [1.82, 2.24) is 0 Å². The third-order valence-corrected chi connectivity index (χ3v) is 6.39. The molecule has 0 saturated carbocycles. The van der Waals surface area contributed by atoms with Crippen molar-refractivity contribution in [3.63, 3.8) is 0 Å². The molecule has 2 N–H and O–H groups in total. The molecule has 0 heterocycles. The number of nitrogens with one attached hydrogen (secondary N) is 2. The molecule has 0 aliphatic heterocycles. The second-order valence-corrected chi connectivity index (χ2v) is 9.31. The Balaban J connectivity index is 1.67. The van der Waals surface area contributed by atoms with Gasteiger partial charge in [-0.1, -0.05) is 17.7 Å². The number of carbonyl (C=O) groups is 2. The SMILES string of the molecule is COc1ccc(C(=O)Nc2cccc(SC(C)C(=O)Nc3cc(C(F)(F)F)ccc3Cl)c2)cc1OC. The van der Waals surface area contributed by atoms with Gasteiger partial charge in [0.15, 0.2) is 11.5 Å². The molecule has 0 fully saturated rings. The molecule has 2 amide bonds. The molecule has 3 rings (SSSR count). The summed E-state index contributed by atoms with van der Waals surface area (Å²) >= 11 is 7.14. The minimum Gasteiger partial charge on any atom is -0.493 e. The highest BCUT2D eigenvalue weighted by atomic mass is 35.5. The van der Waals surface area contributed by atoms with Crippen LogP contribution in [0.3, 0.4) is 0 Å². The molecule has 190 valence electrons. The van der Waals surface area contributed by atoms with Crippen LogP contribution in [-0.2, 0) is 11.0 Å². The molecule has 0 radical (unpaired) electrons. The summed E-state index contributed by atoms with van der Waals surface area (Å²) in [4.78, 5) is 26.0. The second kappa shape index (κ2) is 11.6. The zero-order valence-electron chi connectivity index (χ0n) is 19.4. The average Bonchev–Trinajstić information content (AvgIpc) is 2.84. The number of methoxy groups -OCH3 is 2. The van der Waals surface area contributed by atoms with E-state index in [1.807, 2.05) is 0 Å². The first-order valence-corrected chi connectivity index (χ1v) is 11.7. The molecule has 0 spiro atoms. The Morgan fingerprint density at radius 3 is 2.33 bits per heavy atom. The number of alkyl halides is 3. The summed E-state index contributed by atoms with van der Waals surface area (Å²) in [5, 5.41) is 4.55. The van der Waals surface area contributed by atoms with Gasteiger partial charge >= 0.3 is 6.18 Å². The van der Waals surface area contributed by atoms with Crippen LogP contribution in [0.2, 0.25) is 5.02 Å². The topological polar surface area (TPSA) is 76.7 Å². The van der Waals surface area contributed by atoms with Gasteiger partial charge in [-0.3, -0.25) is 9.59 Å². The van der Waals surface area contributed by atoms with Gasteiger partial charge < -0.3 is 20.1 Å². The van der Waals surface area contributed by atoms with Crippen LogP contribution in [0, 0.1) is 0 Å². The number of hydrogen-bond donors (Lipinski definition) is 2. The molecule has 1 unspecified atom stereocenters. The predicted octanol–water partition coefficient (Wildman–Crippen LogP) is 6.75. The van der Waals surface area contributed by atoms with Crippen LogP contribution >= 0.6 is 23.4 Å². The van der Waals surface area contributed by atoms with E-state index >= 15 is 0 Å². The fraction of sp³-hybridized carbons (Fsp3) is 0.200. The van der Waals surface area contributed by atoms with Crippen molar-refractivity contribution in [2.24, 2.45) is 0 Å². The Hall–Kier alpha value is -3.37. The van der Waals surface area contributed by atoms with Crippen LogP contribution in [0.1, 0.15) is 22.8 Å².